The van der Waals surface area contributed by atoms with Crippen molar-refractivity contribution < 1.29 is 8.78 Å². The lowest BCUT2D eigenvalue weighted by Crippen LogP contribution is -2.41. The van der Waals surface area contributed by atoms with E-state index in [0.29, 0.717) is 16.8 Å². The van der Waals surface area contributed by atoms with Gasteiger partial charge in [0.25, 0.3) is 0 Å². The van der Waals surface area contributed by atoms with Crippen LogP contribution in [0.1, 0.15) is 25.5 Å². The van der Waals surface area contributed by atoms with Crippen molar-refractivity contribution in [2.75, 3.05) is 19.8 Å². The van der Waals surface area contributed by atoms with Gasteiger partial charge in [-0.2, -0.15) is 11.8 Å². The van der Waals surface area contributed by atoms with Crippen LogP contribution < -0.4 is 10.6 Å². The van der Waals surface area contributed by atoms with Gasteiger partial charge in [-0.3, -0.25) is 4.99 Å². The first-order valence-electron chi connectivity index (χ1n) is 6.42. The topological polar surface area (TPSA) is 36.4 Å². The molecule has 20 heavy (non-hydrogen) atoms. The molecule has 1 aromatic carbocycles. The summed E-state index contributed by atoms with van der Waals surface area (Å²) in [6, 6.07) is 3.73. The summed E-state index contributed by atoms with van der Waals surface area (Å²) in [5, 5.41) is 6.81. The maximum absolute atomic E-state index is 13.2. The van der Waals surface area contributed by atoms with Gasteiger partial charge < -0.3 is 10.6 Å². The molecule has 0 fully saturated rings. The van der Waals surface area contributed by atoms with Crippen LogP contribution in [0.4, 0.5) is 8.78 Å². The van der Waals surface area contributed by atoms with Gasteiger partial charge in [0.1, 0.15) is 0 Å². The fraction of sp³-hybridized carbons (Fsp3) is 0.500. The Labute approximate surface area is 123 Å². The number of halogens is 2. The monoisotopic (exact) mass is 301 g/mol. The number of hydrogen-bond donors (Lipinski definition) is 2. The first kappa shape index (κ1) is 16.8. The van der Waals surface area contributed by atoms with Crippen molar-refractivity contribution >= 4 is 17.7 Å². The van der Waals surface area contributed by atoms with Crippen molar-refractivity contribution in [3.63, 3.8) is 0 Å². The summed E-state index contributed by atoms with van der Waals surface area (Å²) in [7, 11) is 1.68. The first-order valence-corrected chi connectivity index (χ1v) is 7.71. The molecule has 0 aromatic heterocycles. The van der Waals surface area contributed by atoms with Gasteiger partial charge in [0, 0.05) is 18.8 Å². The largest absolute Gasteiger partial charge is 0.355 e. The molecule has 2 unspecified atom stereocenters. The number of hydrogen-bond acceptors (Lipinski definition) is 2. The molecule has 0 aliphatic heterocycles. The van der Waals surface area contributed by atoms with Gasteiger partial charge in [-0.1, -0.05) is 13.0 Å². The Morgan fingerprint density at radius 2 is 2.00 bits per heavy atom. The molecule has 0 amide bonds. The minimum absolute atomic E-state index is 0.166. The third-order valence-electron chi connectivity index (χ3n) is 2.98. The van der Waals surface area contributed by atoms with Crippen LogP contribution in [-0.4, -0.2) is 31.1 Å². The second kappa shape index (κ2) is 8.09. The van der Waals surface area contributed by atoms with Crippen molar-refractivity contribution in [2.24, 2.45) is 4.99 Å². The average Bonchev–Trinajstić information content (AvgIpc) is 2.45. The molecule has 0 saturated carbocycles. The molecule has 3 nitrogen and oxygen atoms in total. The zero-order valence-corrected chi connectivity index (χ0v) is 13.0. The van der Waals surface area contributed by atoms with E-state index in [2.05, 4.69) is 22.5 Å². The molecule has 0 aliphatic rings. The van der Waals surface area contributed by atoms with E-state index in [-0.39, 0.29) is 6.04 Å². The van der Waals surface area contributed by atoms with Crippen LogP contribution in [0.2, 0.25) is 0 Å². The smallest absolute Gasteiger partial charge is 0.191 e. The molecule has 2 atom stereocenters. The minimum atomic E-state index is -0.838. The molecule has 0 radical (unpaired) electrons. The van der Waals surface area contributed by atoms with Crippen molar-refractivity contribution in [1.29, 1.82) is 0 Å². The highest BCUT2D eigenvalue weighted by molar-refractivity contribution is 7.99. The second-order valence-electron chi connectivity index (χ2n) is 4.54. The Kier molecular flexibility index (Phi) is 6.78. The van der Waals surface area contributed by atoms with Gasteiger partial charge in [0.15, 0.2) is 17.6 Å². The molecular formula is C14H21F2N3S. The zero-order valence-electron chi connectivity index (χ0n) is 12.2. The normalized spacial score (nSPS) is 14.8. The Morgan fingerprint density at radius 1 is 1.30 bits per heavy atom. The molecule has 1 aromatic rings. The number of aliphatic imine (C=N–C) groups is 1. The predicted molar refractivity (Wildman–Crippen MR) is 82.2 cm³/mol. The Balaban J connectivity index is 2.63. The number of nitrogens with one attached hydrogen (secondary N) is 2. The molecule has 0 bridgehead atoms. The third-order valence-corrected chi connectivity index (χ3v) is 3.95. The standard InChI is InChI=1S/C14H21F2N3S/c1-9(20-4)8-18-14(17-3)19-10(2)11-5-6-12(15)13(16)7-11/h5-7,9-10H,8H2,1-4H3,(H2,17,18,19). The highest BCUT2D eigenvalue weighted by Gasteiger charge is 2.11. The molecular weight excluding hydrogens is 280 g/mol. The van der Waals surface area contributed by atoms with Gasteiger partial charge in [0.05, 0.1) is 6.04 Å². The number of rotatable bonds is 5. The van der Waals surface area contributed by atoms with Crippen LogP contribution in [0.15, 0.2) is 23.2 Å². The summed E-state index contributed by atoms with van der Waals surface area (Å²) in [4.78, 5) is 4.12. The van der Waals surface area contributed by atoms with E-state index in [1.54, 1.807) is 24.9 Å². The third kappa shape index (κ3) is 5.00. The van der Waals surface area contributed by atoms with Gasteiger partial charge in [-0.05, 0) is 30.9 Å². The molecule has 1 rings (SSSR count). The maximum Gasteiger partial charge on any atom is 0.191 e. The zero-order chi connectivity index (χ0) is 15.1. The fourth-order valence-corrected chi connectivity index (χ4v) is 1.84. The first-order chi connectivity index (χ1) is 9.47. The number of guanidine groups is 1. The number of benzene rings is 1. The molecule has 0 saturated heterocycles. The Bertz CT molecular complexity index is 466. The van der Waals surface area contributed by atoms with Gasteiger partial charge >= 0.3 is 0 Å². The maximum atomic E-state index is 13.2. The molecule has 0 aliphatic carbocycles. The number of nitrogens with zero attached hydrogens (tertiary/aromatic N) is 1. The van der Waals surface area contributed by atoms with Gasteiger partial charge in [-0.15, -0.1) is 0 Å². The van der Waals surface area contributed by atoms with Crippen molar-refractivity contribution in [3.8, 4) is 0 Å². The van der Waals surface area contributed by atoms with Crippen LogP contribution in [0.3, 0.4) is 0 Å². The summed E-state index contributed by atoms with van der Waals surface area (Å²) in [6.07, 6.45) is 2.05. The highest BCUT2D eigenvalue weighted by Crippen LogP contribution is 2.15. The van der Waals surface area contributed by atoms with Crippen molar-refractivity contribution in [2.45, 2.75) is 25.1 Å². The lowest BCUT2D eigenvalue weighted by atomic mass is 10.1. The van der Waals surface area contributed by atoms with Crippen LogP contribution in [0.5, 0.6) is 0 Å². The van der Waals surface area contributed by atoms with E-state index in [9.17, 15) is 8.78 Å². The van der Waals surface area contributed by atoms with Crippen LogP contribution in [0.25, 0.3) is 0 Å². The summed E-state index contributed by atoms with van der Waals surface area (Å²) < 4.78 is 26.1. The fourth-order valence-electron chi connectivity index (χ4n) is 1.59. The summed E-state index contributed by atoms with van der Waals surface area (Å²) in [5.74, 6) is -1.03. The number of thioether (sulfide) groups is 1. The van der Waals surface area contributed by atoms with Crippen molar-refractivity contribution in [1.82, 2.24) is 10.6 Å². The summed E-state index contributed by atoms with van der Waals surface area (Å²) in [6.45, 7) is 4.77. The summed E-state index contributed by atoms with van der Waals surface area (Å²) >= 11 is 1.76. The lowest BCUT2D eigenvalue weighted by Gasteiger charge is -2.19. The molecule has 0 heterocycles. The molecule has 112 valence electrons. The van der Waals surface area contributed by atoms with Crippen LogP contribution >= 0.6 is 11.8 Å². The summed E-state index contributed by atoms with van der Waals surface area (Å²) in [5.41, 5.74) is 0.671. The van der Waals surface area contributed by atoms with Crippen molar-refractivity contribution in [3.05, 3.63) is 35.4 Å². The SMILES string of the molecule is CN=C(NCC(C)SC)NC(C)c1ccc(F)c(F)c1. The van der Waals surface area contributed by atoms with E-state index in [0.717, 1.165) is 12.6 Å². The van der Waals surface area contributed by atoms with E-state index in [1.165, 1.54) is 6.07 Å². The second-order valence-corrected chi connectivity index (χ2v) is 5.82. The molecule has 0 spiro atoms. The Morgan fingerprint density at radius 3 is 2.55 bits per heavy atom. The van der Waals surface area contributed by atoms with Gasteiger partial charge in [0.2, 0.25) is 0 Å². The van der Waals surface area contributed by atoms with E-state index in [1.807, 2.05) is 13.2 Å². The van der Waals surface area contributed by atoms with E-state index < -0.39 is 11.6 Å². The van der Waals surface area contributed by atoms with E-state index in [4.69, 9.17) is 0 Å². The van der Waals surface area contributed by atoms with E-state index >= 15 is 0 Å². The lowest BCUT2D eigenvalue weighted by molar-refractivity contribution is 0.504. The minimum Gasteiger partial charge on any atom is -0.355 e. The van der Waals surface area contributed by atoms with Crippen LogP contribution in [-0.2, 0) is 0 Å². The van der Waals surface area contributed by atoms with Gasteiger partial charge in [-0.25, -0.2) is 8.78 Å². The molecule has 6 heteroatoms. The Hall–Kier alpha value is -1.30. The predicted octanol–water partition coefficient (Wildman–Crippen LogP) is 2.94. The molecule has 2 N–H and O–H groups in total. The van der Waals surface area contributed by atoms with Crippen LogP contribution in [0, 0.1) is 11.6 Å². The highest BCUT2D eigenvalue weighted by atomic mass is 32.2. The quantitative estimate of drug-likeness (QED) is 0.648. The average molecular weight is 301 g/mol.